The van der Waals surface area contributed by atoms with E-state index in [1.807, 2.05) is 61.7 Å². The van der Waals surface area contributed by atoms with Gasteiger partial charge >= 0.3 is 0 Å². The first-order valence-corrected chi connectivity index (χ1v) is 11.4. The summed E-state index contributed by atoms with van der Waals surface area (Å²) in [5, 5.41) is 14.1. The third-order valence-corrected chi connectivity index (χ3v) is 6.15. The number of hydrogen-bond acceptors (Lipinski definition) is 4. The van der Waals surface area contributed by atoms with Crippen molar-refractivity contribution < 1.29 is 14.3 Å². The van der Waals surface area contributed by atoms with E-state index in [0.717, 1.165) is 47.2 Å². The molecule has 33 heavy (non-hydrogen) atoms. The molecule has 7 heteroatoms. The van der Waals surface area contributed by atoms with Gasteiger partial charge in [-0.1, -0.05) is 29.8 Å². The fraction of sp³-hybridized carbons (Fsp3) is 0.308. The lowest BCUT2D eigenvalue weighted by molar-refractivity contribution is -0.117. The highest BCUT2D eigenvalue weighted by Crippen LogP contribution is 2.25. The average molecular weight is 464 g/mol. The SMILES string of the molecule is Cc1cc(OCCn2cc(/C=C(\C#N)C(=O)NC[C@@H]3CCCO3)c3ccccc32)ccc1Cl. The second-order valence-corrected chi connectivity index (χ2v) is 8.48. The van der Waals surface area contributed by atoms with Crippen molar-refractivity contribution in [3.05, 3.63) is 70.4 Å². The van der Waals surface area contributed by atoms with Gasteiger partial charge in [-0.05, 0) is 55.7 Å². The van der Waals surface area contributed by atoms with Crippen LogP contribution in [0.4, 0.5) is 0 Å². The number of nitriles is 1. The van der Waals surface area contributed by atoms with Crippen LogP contribution in [0, 0.1) is 18.3 Å². The van der Waals surface area contributed by atoms with Gasteiger partial charge in [-0.15, -0.1) is 0 Å². The maximum atomic E-state index is 12.6. The van der Waals surface area contributed by atoms with Crippen LogP contribution in [0.3, 0.4) is 0 Å². The molecule has 1 saturated heterocycles. The van der Waals surface area contributed by atoms with Gasteiger partial charge in [0.05, 0.1) is 12.6 Å². The van der Waals surface area contributed by atoms with E-state index in [-0.39, 0.29) is 17.6 Å². The summed E-state index contributed by atoms with van der Waals surface area (Å²) in [6.07, 6.45) is 5.55. The normalized spacial score (nSPS) is 16.0. The number of amides is 1. The van der Waals surface area contributed by atoms with Crippen molar-refractivity contribution >= 4 is 34.5 Å². The van der Waals surface area contributed by atoms with Crippen LogP contribution in [0.15, 0.2) is 54.2 Å². The van der Waals surface area contributed by atoms with Gasteiger partial charge in [0, 0.05) is 40.8 Å². The van der Waals surface area contributed by atoms with E-state index >= 15 is 0 Å². The predicted molar refractivity (Wildman–Crippen MR) is 129 cm³/mol. The number of rotatable bonds is 8. The summed E-state index contributed by atoms with van der Waals surface area (Å²) in [4.78, 5) is 12.6. The molecule has 0 bridgehead atoms. The Morgan fingerprint density at radius 3 is 2.97 bits per heavy atom. The molecule has 4 rings (SSSR count). The van der Waals surface area contributed by atoms with Gasteiger partial charge in [0.1, 0.15) is 24.0 Å². The number of fused-ring (bicyclic) bond motifs is 1. The van der Waals surface area contributed by atoms with Gasteiger partial charge in [-0.2, -0.15) is 5.26 Å². The van der Waals surface area contributed by atoms with E-state index in [4.69, 9.17) is 21.1 Å². The highest BCUT2D eigenvalue weighted by Gasteiger charge is 2.18. The van der Waals surface area contributed by atoms with Gasteiger partial charge < -0.3 is 19.4 Å². The van der Waals surface area contributed by atoms with Crippen molar-refractivity contribution in [1.82, 2.24) is 9.88 Å². The molecule has 2 aromatic carbocycles. The van der Waals surface area contributed by atoms with E-state index in [9.17, 15) is 10.1 Å². The summed E-state index contributed by atoms with van der Waals surface area (Å²) in [6, 6.07) is 15.5. The van der Waals surface area contributed by atoms with E-state index < -0.39 is 0 Å². The largest absolute Gasteiger partial charge is 0.492 e. The molecule has 1 atom stereocenters. The average Bonchev–Trinajstić information content (AvgIpc) is 3.47. The number of halogens is 1. The topological polar surface area (TPSA) is 76.3 Å². The lowest BCUT2D eigenvalue weighted by atomic mass is 10.1. The summed E-state index contributed by atoms with van der Waals surface area (Å²) >= 11 is 6.08. The minimum atomic E-state index is -0.383. The Hall–Kier alpha value is -3.27. The van der Waals surface area contributed by atoms with Gasteiger partial charge in [-0.25, -0.2) is 0 Å². The molecule has 6 nitrogen and oxygen atoms in total. The minimum absolute atomic E-state index is 0.0280. The third-order valence-electron chi connectivity index (χ3n) is 5.73. The molecule has 0 saturated carbocycles. The van der Waals surface area contributed by atoms with E-state index in [1.54, 1.807) is 6.08 Å². The summed E-state index contributed by atoms with van der Waals surface area (Å²) < 4.78 is 13.5. The third kappa shape index (κ3) is 5.57. The molecular weight excluding hydrogens is 438 g/mol. The molecule has 3 aromatic rings. The van der Waals surface area contributed by atoms with Crippen molar-refractivity contribution in [2.45, 2.75) is 32.4 Å². The van der Waals surface area contributed by atoms with E-state index in [0.29, 0.717) is 24.7 Å². The van der Waals surface area contributed by atoms with Crippen LogP contribution < -0.4 is 10.1 Å². The smallest absolute Gasteiger partial charge is 0.262 e. The lowest BCUT2D eigenvalue weighted by Crippen LogP contribution is -2.32. The molecule has 0 spiro atoms. The second-order valence-electron chi connectivity index (χ2n) is 8.07. The molecular formula is C26H26ClN3O3. The number of aromatic nitrogens is 1. The highest BCUT2D eigenvalue weighted by molar-refractivity contribution is 6.31. The summed E-state index contributed by atoms with van der Waals surface area (Å²) in [5.74, 6) is 0.384. The molecule has 0 radical (unpaired) electrons. The fourth-order valence-corrected chi connectivity index (χ4v) is 4.07. The van der Waals surface area contributed by atoms with Crippen LogP contribution >= 0.6 is 11.6 Å². The van der Waals surface area contributed by atoms with Crippen LogP contribution in [0.25, 0.3) is 17.0 Å². The maximum absolute atomic E-state index is 12.6. The molecule has 0 aliphatic carbocycles. The maximum Gasteiger partial charge on any atom is 0.262 e. The quantitative estimate of drug-likeness (QED) is 0.381. The Morgan fingerprint density at radius 1 is 1.36 bits per heavy atom. The zero-order chi connectivity index (χ0) is 23.2. The molecule has 1 aliphatic heterocycles. The molecule has 1 fully saturated rings. The zero-order valence-corrected chi connectivity index (χ0v) is 19.3. The number of aryl methyl sites for hydroxylation is 1. The Labute approximate surface area is 198 Å². The molecule has 1 aliphatic rings. The Kier molecular flexibility index (Phi) is 7.33. The molecule has 2 heterocycles. The van der Waals surface area contributed by atoms with Gasteiger partial charge in [0.2, 0.25) is 0 Å². The number of carbonyl (C=O) groups is 1. The Morgan fingerprint density at radius 2 is 2.21 bits per heavy atom. The number of nitrogens with zero attached hydrogens (tertiary/aromatic N) is 2. The van der Waals surface area contributed by atoms with Crippen LogP contribution in [-0.2, 0) is 16.1 Å². The first kappa shape index (κ1) is 22.9. The van der Waals surface area contributed by atoms with Crippen molar-refractivity contribution in [3.63, 3.8) is 0 Å². The summed E-state index contributed by atoms with van der Waals surface area (Å²) in [6.45, 7) is 4.17. The van der Waals surface area contributed by atoms with Crippen LogP contribution in [-0.4, -0.2) is 36.3 Å². The monoisotopic (exact) mass is 463 g/mol. The number of ether oxygens (including phenoxy) is 2. The summed E-state index contributed by atoms with van der Waals surface area (Å²) in [5.41, 5.74) is 2.87. The molecule has 170 valence electrons. The lowest BCUT2D eigenvalue weighted by Gasteiger charge is -2.10. The molecule has 0 unspecified atom stereocenters. The number of nitrogens with one attached hydrogen (secondary N) is 1. The van der Waals surface area contributed by atoms with Crippen LogP contribution in [0.1, 0.15) is 24.0 Å². The minimum Gasteiger partial charge on any atom is -0.492 e. The molecule has 1 aromatic heterocycles. The standard InChI is InChI=1S/C26H26ClN3O3/c1-18-13-21(8-9-24(18)27)33-12-10-30-17-20(23-6-2-3-7-25(23)30)14-19(15-28)26(31)29-16-22-5-4-11-32-22/h2-3,6-9,13-14,17,22H,4-5,10-12,16H2,1H3,(H,29,31)/b19-14+/t22-/m0/s1. The van der Waals surface area contributed by atoms with Gasteiger partial charge in [0.25, 0.3) is 5.91 Å². The zero-order valence-electron chi connectivity index (χ0n) is 18.5. The van der Waals surface area contributed by atoms with Crippen molar-refractivity contribution in [2.24, 2.45) is 0 Å². The van der Waals surface area contributed by atoms with Crippen molar-refractivity contribution in [1.29, 1.82) is 5.26 Å². The Bertz CT molecular complexity index is 1220. The molecule has 1 amide bonds. The first-order valence-electron chi connectivity index (χ1n) is 11.0. The van der Waals surface area contributed by atoms with E-state index in [2.05, 4.69) is 9.88 Å². The van der Waals surface area contributed by atoms with Crippen LogP contribution in [0.5, 0.6) is 5.75 Å². The first-order chi connectivity index (χ1) is 16.0. The Balaban J connectivity index is 1.48. The van der Waals surface area contributed by atoms with E-state index in [1.165, 1.54) is 0 Å². The van der Waals surface area contributed by atoms with Crippen LogP contribution in [0.2, 0.25) is 5.02 Å². The number of para-hydroxylation sites is 1. The number of benzene rings is 2. The van der Waals surface area contributed by atoms with Crippen molar-refractivity contribution in [2.75, 3.05) is 19.8 Å². The van der Waals surface area contributed by atoms with Gasteiger partial charge in [-0.3, -0.25) is 4.79 Å². The van der Waals surface area contributed by atoms with Gasteiger partial charge in [0.15, 0.2) is 0 Å². The number of hydrogen-bond donors (Lipinski definition) is 1. The number of carbonyl (C=O) groups excluding carboxylic acids is 1. The molecule has 1 N–H and O–H groups in total. The highest BCUT2D eigenvalue weighted by atomic mass is 35.5. The predicted octanol–water partition coefficient (Wildman–Crippen LogP) is 4.88. The van der Waals surface area contributed by atoms with Crippen molar-refractivity contribution in [3.8, 4) is 11.8 Å². The fourth-order valence-electron chi connectivity index (χ4n) is 3.96. The second kappa shape index (κ2) is 10.6. The summed E-state index contributed by atoms with van der Waals surface area (Å²) in [7, 11) is 0.